The van der Waals surface area contributed by atoms with Crippen molar-refractivity contribution < 1.29 is 4.79 Å². The van der Waals surface area contributed by atoms with Crippen LogP contribution in [0.4, 0.5) is 0 Å². The summed E-state index contributed by atoms with van der Waals surface area (Å²) < 4.78 is 2.03. The number of hydrogen-bond acceptors (Lipinski definition) is 3. The molecule has 0 unspecified atom stereocenters. The van der Waals surface area contributed by atoms with Crippen LogP contribution < -0.4 is 5.73 Å². The molecule has 0 saturated heterocycles. The van der Waals surface area contributed by atoms with Crippen molar-refractivity contribution in [3.8, 4) is 11.4 Å². The number of pyridine rings is 1. The molecule has 0 spiro atoms. The number of rotatable bonds is 2. The highest BCUT2D eigenvalue weighted by atomic mass is 16.1. The van der Waals surface area contributed by atoms with Crippen molar-refractivity contribution in [2.75, 3.05) is 0 Å². The Morgan fingerprint density at radius 3 is 2.52 bits per heavy atom. The van der Waals surface area contributed by atoms with Crippen LogP contribution >= 0.6 is 0 Å². The molecule has 2 N–H and O–H groups in total. The zero-order chi connectivity index (χ0) is 16.0. The van der Waals surface area contributed by atoms with E-state index < -0.39 is 5.91 Å². The molecule has 2 aromatic heterocycles. The molecule has 0 aliphatic rings. The first kappa shape index (κ1) is 13.5. The summed E-state index contributed by atoms with van der Waals surface area (Å²) in [6, 6.07) is 17.3. The van der Waals surface area contributed by atoms with Gasteiger partial charge in [-0.3, -0.25) is 9.20 Å². The second kappa shape index (κ2) is 4.91. The lowest BCUT2D eigenvalue weighted by Gasteiger charge is -2.07. The lowest BCUT2D eigenvalue weighted by molar-refractivity contribution is 0.100. The highest BCUT2D eigenvalue weighted by Gasteiger charge is 2.12. The predicted molar refractivity (Wildman–Crippen MR) is 89.2 cm³/mol. The molecule has 2 aromatic carbocycles. The number of para-hydroxylation sites is 1. The van der Waals surface area contributed by atoms with Crippen LogP contribution in [-0.2, 0) is 0 Å². The zero-order valence-corrected chi connectivity index (χ0v) is 12.5. The Morgan fingerprint density at radius 1 is 1.04 bits per heavy atom. The summed E-state index contributed by atoms with van der Waals surface area (Å²) in [6.45, 7) is 2.07. The van der Waals surface area contributed by atoms with E-state index >= 15 is 0 Å². The largest absolute Gasteiger partial charge is 0.366 e. The number of amides is 1. The van der Waals surface area contributed by atoms with Crippen molar-refractivity contribution in [3.05, 3.63) is 65.7 Å². The third-order valence-corrected chi connectivity index (χ3v) is 4.03. The molecule has 5 heteroatoms. The maximum atomic E-state index is 11.2. The number of primary amides is 1. The lowest BCUT2D eigenvalue weighted by atomic mass is 10.1. The Morgan fingerprint density at radius 2 is 1.78 bits per heavy atom. The van der Waals surface area contributed by atoms with Gasteiger partial charge in [0.1, 0.15) is 0 Å². The van der Waals surface area contributed by atoms with Crippen molar-refractivity contribution in [2.24, 2.45) is 5.73 Å². The van der Waals surface area contributed by atoms with Gasteiger partial charge in [-0.2, -0.15) is 0 Å². The number of carbonyl (C=O) groups is 1. The van der Waals surface area contributed by atoms with Crippen LogP contribution in [0.25, 0.3) is 27.9 Å². The molecule has 5 nitrogen and oxygen atoms in total. The first-order chi connectivity index (χ1) is 11.1. The van der Waals surface area contributed by atoms with Gasteiger partial charge in [0.05, 0.1) is 5.52 Å². The fourth-order valence-corrected chi connectivity index (χ4v) is 2.87. The topological polar surface area (TPSA) is 73.3 Å². The fraction of sp³-hybridized carbons (Fsp3) is 0.0556. The highest BCUT2D eigenvalue weighted by Crippen LogP contribution is 2.26. The number of fused-ring (bicyclic) bond motifs is 3. The number of carbonyl (C=O) groups excluding carboxylic acids is 1. The van der Waals surface area contributed by atoms with Crippen LogP contribution in [0, 0.1) is 6.92 Å². The average Bonchev–Trinajstić information content (AvgIpc) is 2.99. The summed E-state index contributed by atoms with van der Waals surface area (Å²) >= 11 is 0. The SMILES string of the molecule is Cc1cc2nnc(-c3ccc(C(N)=O)cc3)n2c2ccccc12. The quantitative estimate of drug-likeness (QED) is 0.618. The van der Waals surface area contributed by atoms with Crippen LogP contribution in [0.3, 0.4) is 0 Å². The standard InChI is InChI=1S/C18H14N4O/c1-11-10-16-20-21-18(13-8-6-12(7-9-13)17(19)23)22(16)15-5-3-2-4-14(11)15/h2-10H,1H3,(H2,19,23). The molecule has 0 aliphatic carbocycles. The maximum absolute atomic E-state index is 11.2. The first-order valence-corrected chi connectivity index (χ1v) is 7.29. The first-order valence-electron chi connectivity index (χ1n) is 7.29. The van der Waals surface area contributed by atoms with Gasteiger partial charge in [-0.1, -0.05) is 30.3 Å². The van der Waals surface area contributed by atoms with Gasteiger partial charge in [-0.05, 0) is 36.8 Å². The van der Waals surface area contributed by atoms with Gasteiger partial charge in [0.15, 0.2) is 11.5 Å². The molecular weight excluding hydrogens is 288 g/mol. The van der Waals surface area contributed by atoms with E-state index in [0.717, 1.165) is 33.5 Å². The minimum absolute atomic E-state index is 0.441. The number of aryl methyl sites for hydroxylation is 1. The summed E-state index contributed by atoms with van der Waals surface area (Å²) in [5.74, 6) is 0.302. The number of hydrogen-bond donors (Lipinski definition) is 1. The second-order valence-electron chi connectivity index (χ2n) is 5.50. The molecule has 2 heterocycles. The van der Waals surface area contributed by atoms with E-state index in [1.165, 1.54) is 0 Å². The minimum Gasteiger partial charge on any atom is -0.366 e. The summed E-state index contributed by atoms with van der Waals surface area (Å²) in [4.78, 5) is 11.2. The number of benzene rings is 2. The molecule has 112 valence electrons. The summed E-state index contributed by atoms with van der Waals surface area (Å²) in [5.41, 5.74) is 9.67. The van der Waals surface area contributed by atoms with E-state index in [0.29, 0.717) is 5.56 Å². The summed E-state index contributed by atoms with van der Waals surface area (Å²) in [7, 11) is 0. The van der Waals surface area contributed by atoms with Crippen LogP contribution in [0.2, 0.25) is 0 Å². The Bertz CT molecular complexity index is 1050. The molecule has 0 radical (unpaired) electrons. The predicted octanol–water partition coefficient (Wildman–Crippen LogP) is 2.96. The van der Waals surface area contributed by atoms with Crippen molar-refractivity contribution in [1.29, 1.82) is 0 Å². The van der Waals surface area contributed by atoms with Crippen molar-refractivity contribution >= 4 is 22.5 Å². The van der Waals surface area contributed by atoms with E-state index in [-0.39, 0.29) is 0 Å². The molecule has 0 fully saturated rings. The normalized spacial score (nSPS) is 11.2. The van der Waals surface area contributed by atoms with Gasteiger partial charge in [-0.25, -0.2) is 0 Å². The molecule has 0 bridgehead atoms. The van der Waals surface area contributed by atoms with E-state index in [4.69, 9.17) is 5.73 Å². The summed E-state index contributed by atoms with van der Waals surface area (Å²) in [6.07, 6.45) is 0. The highest BCUT2D eigenvalue weighted by molar-refractivity contribution is 5.93. The number of nitrogens with zero attached hydrogens (tertiary/aromatic N) is 3. The van der Waals surface area contributed by atoms with Crippen molar-refractivity contribution in [1.82, 2.24) is 14.6 Å². The molecule has 4 aromatic rings. The van der Waals surface area contributed by atoms with Gasteiger partial charge in [-0.15, -0.1) is 10.2 Å². The molecule has 0 atom stereocenters. The van der Waals surface area contributed by atoms with Gasteiger partial charge in [0.25, 0.3) is 0 Å². The third-order valence-electron chi connectivity index (χ3n) is 4.03. The van der Waals surface area contributed by atoms with Crippen molar-refractivity contribution in [2.45, 2.75) is 6.92 Å². The monoisotopic (exact) mass is 302 g/mol. The van der Waals surface area contributed by atoms with Crippen LogP contribution in [0.1, 0.15) is 15.9 Å². The van der Waals surface area contributed by atoms with Crippen LogP contribution in [0.5, 0.6) is 0 Å². The van der Waals surface area contributed by atoms with E-state index in [1.807, 2.05) is 34.7 Å². The Labute approximate surface area is 132 Å². The smallest absolute Gasteiger partial charge is 0.248 e. The van der Waals surface area contributed by atoms with Gasteiger partial charge in [0, 0.05) is 16.5 Å². The third kappa shape index (κ3) is 2.05. The molecular formula is C18H14N4O. The van der Waals surface area contributed by atoms with Crippen LogP contribution in [-0.4, -0.2) is 20.5 Å². The Hall–Kier alpha value is -3.21. The molecule has 0 aliphatic heterocycles. The second-order valence-corrected chi connectivity index (χ2v) is 5.50. The van der Waals surface area contributed by atoms with E-state index in [2.05, 4.69) is 29.3 Å². The Balaban J connectivity index is 2.01. The van der Waals surface area contributed by atoms with E-state index in [1.54, 1.807) is 12.1 Å². The molecule has 1 amide bonds. The maximum Gasteiger partial charge on any atom is 0.248 e. The minimum atomic E-state index is -0.441. The Kier molecular flexibility index (Phi) is 2.87. The number of aromatic nitrogens is 3. The molecule has 4 rings (SSSR count). The van der Waals surface area contributed by atoms with Crippen molar-refractivity contribution in [3.63, 3.8) is 0 Å². The average molecular weight is 302 g/mol. The lowest BCUT2D eigenvalue weighted by Crippen LogP contribution is -2.10. The van der Waals surface area contributed by atoms with Gasteiger partial charge in [0.2, 0.25) is 5.91 Å². The van der Waals surface area contributed by atoms with Gasteiger partial charge < -0.3 is 5.73 Å². The van der Waals surface area contributed by atoms with Crippen LogP contribution in [0.15, 0.2) is 54.6 Å². The summed E-state index contributed by atoms with van der Waals surface area (Å²) in [5, 5.41) is 9.77. The number of nitrogens with two attached hydrogens (primary N) is 1. The molecule has 0 saturated carbocycles. The van der Waals surface area contributed by atoms with E-state index in [9.17, 15) is 4.79 Å². The zero-order valence-electron chi connectivity index (χ0n) is 12.5. The van der Waals surface area contributed by atoms with Gasteiger partial charge >= 0.3 is 0 Å². The molecule has 23 heavy (non-hydrogen) atoms. The fourth-order valence-electron chi connectivity index (χ4n) is 2.87.